The number of carbonyl (C=O) groups is 4. The van der Waals surface area contributed by atoms with Gasteiger partial charge in [0.15, 0.2) is 0 Å². The number of aryl methyl sites for hydroxylation is 2. The summed E-state index contributed by atoms with van der Waals surface area (Å²) in [5, 5.41) is 0. The van der Waals surface area contributed by atoms with Crippen molar-refractivity contribution >= 4 is 23.9 Å². The lowest BCUT2D eigenvalue weighted by Gasteiger charge is -2.29. The average Bonchev–Trinajstić information content (AvgIpc) is 3.01. The molecule has 230 valence electrons. The van der Waals surface area contributed by atoms with Crippen molar-refractivity contribution in [3.8, 4) is 11.5 Å². The van der Waals surface area contributed by atoms with Gasteiger partial charge in [-0.15, -0.1) is 0 Å². The summed E-state index contributed by atoms with van der Waals surface area (Å²) in [7, 11) is 0. The molecule has 0 saturated heterocycles. The Bertz CT molecular complexity index is 1270. The molecule has 0 amide bonds. The van der Waals surface area contributed by atoms with Crippen molar-refractivity contribution < 1.29 is 38.1 Å². The summed E-state index contributed by atoms with van der Waals surface area (Å²) in [5.41, 5.74) is 1.88. The minimum Gasteiger partial charge on any atom is -0.450 e. The maximum absolute atomic E-state index is 13.2. The fourth-order valence-corrected chi connectivity index (χ4v) is 5.74. The molecule has 0 bridgehead atoms. The number of rotatable bonds is 11. The van der Waals surface area contributed by atoms with Gasteiger partial charge in [0.05, 0.1) is 6.42 Å². The van der Waals surface area contributed by atoms with Crippen molar-refractivity contribution in [2.75, 3.05) is 0 Å². The number of ether oxygens (including phenoxy) is 4. The number of hydrogen-bond acceptors (Lipinski definition) is 8. The van der Waals surface area contributed by atoms with Gasteiger partial charge in [0, 0.05) is 17.4 Å². The van der Waals surface area contributed by atoms with Crippen molar-refractivity contribution in [1.82, 2.24) is 0 Å². The van der Waals surface area contributed by atoms with Crippen LogP contribution in [0.25, 0.3) is 0 Å². The van der Waals surface area contributed by atoms with Crippen LogP contribution in [0.1, 0.15) is 81.8 Å². The zero-order valence-electron chi connectivity index (χ0n) is 25.2. The minimum atomic E-state index is -1.12. The van der Waals surface area contributed by atoms with Crippen LogP contribution in [0, 0.1) is 25.7 Å². The van der Waals surface area contributed by atoms with Crippen molar-refractivity contribution in [1.29, 1.82) is 0 Å². The normalized spacial score (nSPS) is 17.3. The van der Waals surface area contributed by atoms with Gasteiger partial charge in [-0.3, -0.25) is 4.79 Å². The standard InChI is InChI=1S/C35H42O8/c1-23-14-18-28(19-15-23)40-34(38)31(26-10-6-4-7-11-26)42-30(36)22-25(3)33(37)43-32(27-12-8-5-9-13-27)35(39)41-29-20-16-24(2)17-21-29/h14-21,26-27,31-32H,3-13,22H2,1-2H3. The van der Waals surface area contributed by atoms with Crippen molar-refractivity contribution in [3.63, 3.8) is 0 Å². The van der Waals surface area contributed by atoms with E-state index in [1.54, 1.807) is 24.3 Å². The topological polar surface area (TPSA) is 105 Å². The van der Waals surface area contributed by atoms with Crippen LogP contribution >= 0.6 is 0 Å². The van der Waals surface area contributed by atoms with E-state index in [1.165, 1.54) is 0 Å². The Hall–Kier alpha value is -3.94. The summed E-state index contributed by atoms with van der Waals surface area (Å²) in [5.74, 6) is -2.59. The highest BCUT2D eigenvalue weighted by Crippen LogP contribution is 2.31. The predicted molar refractivity (Wildman–Crippen MR) is 160 cm³/mol. The van der Waals surface area contributed by atoms with Gasteiger partial charge in [0.2, 0.25) is 12.2 Å². The Morgan fingerprint density at radius 3 is 1.47 bits per heavy atom. The molecular formula is C35H42O8. The third kappa shape index (κ3) is 9.53. The first-order valence-corrected chi connectivity index (χ1v) is 15.3. The van der Waals surface area contributed by atoms with Crippen LogP contribution in [0.15, 0.2) is 60.7 Å². The SMILES string of the molecule is C=C(CC(=O)OC(C(=O)Oc1ccc(C)cc1)C1CCCCC1)C(=O)OC(C(=O)Oc1ccc(C)cc1)C1CCCCC1. The highest BCUT2D eigenvalue weighted by atomic mass is 16.6. The highest BCUT2D eigenvalue weighted by molar-refractivity contribution is 5.95. The van der Waals surface area contributed by atoms with Gasteiger partial charge >= 0.3 is 23.9 Å². The maximum atomic E-state index is 13.2. The summed E-state index contributed by atoms with van der Waals surface area (Å²) < 4.78 is 22.4. The van der Waals surface area contributed by atoms with E-state index in [2.05, 4.69) is 6.58 Å². The molecule has 2 saturated carbocycles. The molecule has 0 N–H and O–H groups in total. The molecule has 43 heavy (non-hydrogen) atoms. The molecule has 2 aliphatic rings. The second-order valence-electron chi connectivity index (χ2n) is 11.8. The summed E-state index contributed by atoms with van der Waals surface area (Å²) in [6.07, 6.45) is 6.01. The quantitative estimate of drug-likeness (QED) is 0.161. The fourth-order valence-electron chi connectivity index (χ4n) is 5.74. The van der Waals surface area contributed by atoms with Crippen LogP contribution in [-0.2, 0) is 28.7 Å². The maximum Gasteiger partial charge on any atom is 0.353 e. The Balaban J connectivity index is 1.39. The molecule has 2 atom stereocenters. The van der Waals surface area contributed by atoms with E-state index in [0.29, 0.717) is 11.5 Å². The lowest BCUT2D eigenvalue weighted by atomic mass is 9.85. The molecule has 8 nitrogen and oxygen atoms in total. The molecule has 8 heteroatoms. The first kappa shape index (κ1) is 32.0. The van der Waals surface area contributed by atoms with Crippen molar-refractivity contribution in [2.24, 2.45) is 11.8 Å². The number of carbonyl (C=O) groups excluding carboxylic acids is 4. The van der Waals surface area contributed by atoms with Gasteiger partial charge in [-0.05, 0) is 63.8 Å². The van der Waals surface area contributed by atoms with Crippen LogP contribution in [0.5, 0.6) is 11.5 Å². The molecule has 2 aromatic carbocycles. The van der Waals surface area contributed by atoms with Gasteiger partial charge in [0.1, 0.15) is 11.5 Å². The van der Waals surface area contributed by atoms with Crippen molar-refractivity contribution in [2.45, 2.75) is 96.7 Å². The van der Waals surface area contributed by atoms with Crippen LogP contribution in [0.4, 0.5) is 0 Å². The molecule has 0 aromatic heterocycles. The zero-order valence-corrected chi connectivity index (χ0v) is 25.2. The number of benzene rings is 2. The molecule has 2 aromatic rings. The van der Waals surface area contributed by atoms with Crippen LogP contribution in [0.2, 0.25) is 0 Å². The van der Waals surface area contributed by atoms with E-state index in [4.69, 9.17) is 18.9 Å². The molecule has 0 spiro atoms. The molecule has 0 aliphatic heterocycles. The third-order valence-corrected chi connectivity index (χ3v) is 8.24. The van der Waals surface area contributed by atoms with E-state index in [0.717, 1.165) is 75.3 Å². The lowest BCUT2D eigenvalue weighted by Crippen LogP contribution is -2.40. The summed E-state index contributed by atoms with van der Waals surface area (Å²) in [6, 6.07) is 14.1. The van der Waals surface area contributed by atoms with Crippen LogP contribution in [0.3, 0.4) is 0 Å². The van der Waals surface area contributed by atoms with Crippen molar-refractivity contribution in [3.05, 3.63) is 71.8 Å². The van der Waals surface area contributed by atoms with Gasteiger partial charge in [0.25, 0.3) is 0 Å². The Kier molecular flexibility index (Phi) is 11.5. The van der Waals surface area contributed by atoms with Gasteiger partial charge in [-0.2, -0.15) is 0 Å². The molecule has 4 rings (SSSR count). The molecule has 0 heterocycles. The van der Waals surface area contributed by atoms with Crippen LogP contribution < -0.4 is 9.47 Å². The first-order chi connectivity index (χ1) is 20.7. The van der Waals surface area contributed by atoms with E-state index in [1.807, 2.05) is 38.1 Å². The van der Waals surface area contributed by atoms with Gasteiger partial charge in [-0.1, -0.05) is 80.5 Å². The summed E-state index contributed by atoms with van der Waals surface area (Å²) in [4.78, 5) is 52.4. The Labute approximate surface area is 253 Å². The molecule has 2 aliphatic carbocycles. The number of hydrogen-bond donors (Lipinski definition) is 0. The average molecular weight is 591 g/mol. The predicted octanol–water partition coefficient (Wildman–Crippen LogP) is 6.74. The summed E-state index contributed by atoms with van der Waals surface area (Å²) >= 11 is 0. The summed E-state index contributed by atoms with van der Waals surface area (Å²) in [6.45, 7) is 7.60. The molecular weight excluding hydrogens is 548 g/mol. The van der Waals surface area contributed by atoms with E-state index < -0.39 is 42.5 Å². The lowest BCUT2D eigenvalue weighted by molar-refractivity contribution is -0.168. The third-order valence-electron chi connectivity index (χ3n) is 8.24. The second kappa shape index (κ2) is 15.5. The molecule has 0 radical (unpaired) electrons. The Morgan fingerprint density at radius 2 is 1.05 bits per heavy atom. The first-order valence-electron chi connectivity index (χ1n) is 15.3. The smallest absolute Gasteiger partial charge is 0.353 e. The Morgan fingerprint density at radius 1 is 0.651 bits per heavy atom. The van der Waals surface area contributed by atoms with E-state index >= 15 is 0 Å². The largest absolute Gasteiger partial charge is 0.450 e. The zero-order chi connectivity index (χ0) is 30.8. The van der Waals surface area contributed by atoms with Crippen LogP contribution in [-0.4, -0.2) is 36.1 Å². The second-order valence-corrected chi connectivity index (χ2v) is 11.8. The molecule has 2 unspecified atom stereocenters. The minimum absolute atomic E-state index is 0.164. The van der Waals surface area contributed by atoms with E-state index in [9.17, 15) is 19.2 Å². The van der Waals surface area contributed by atoms with Gasteiger partial charge < -0.3 is 18.9 Å². The highest BCUT2D eigenvalue weighted by Gasteiger charge is 2.37. The number of esters is 4. The molecule has 2 fully saturated rings. The van der Waals surface area contributed by atoms with Gasteiger partial charge in [-0.25, -0.2) is 14.4 Å². The monoisotopic (exact) mass is 590 g/mol. The fraction of sp³-hybridized carbons (Fsp3) is 0.486. The van der Waals surface area contributed by atoms with E-state index in [-0.39, 0.29) is 17.4 Å².